The van der Waals surface area contributed by atoms with Crippen molar-refractivity contribution in [3.05, 3.63) is 41.7 Å². The third-order valence-electron chi connectivity index (χ3n) is 2.81. The van der Waals surface area contributed by atoms with Gasteiger partial charge in [-0.3, -0.25) is 4.79 Å². The van der Waals surface area contributed by atoms with Gasteiger partial charge in [0.15, 0.2) is 0 Å². The zero-order valence-corrected chi connectivity index (χ0v) is 12.1. The van der Waals surface area contributed by atoms with E-state index >= 15 is 0 Å². The van der Waals surface area contributed by atoms with Gasteiger partial charge in [0.05, 0.1) is 0 Å². The number of rotatable bonds is 8. The maximum absolute atomic E-state index is 13.3. The number of hydrogen-bond donors (Lipinski definition) is 1. The molecule has 0 fully saturated rings. The second-order valence-electron chi connectivity index (χ2n) is 4.60. The quantitative estimate of drug-likeness (QED) is 0.585. The molecule has 0 aliphatic rings. The highest BCUT2D eigenvalue weighted by Gasteiger charge is 1.99. The number of carbonyl (C=O) groups excluding carboxylic acids is 1. The van der Waals surface area contributed by atoms with Gasteiger partial charge in [-0.15, -0.1) is 0 Å². The Hall–Kier alpha value is -1.84. The molecule has 110 valence electrons. The van der Waals surface area contributed by atoms with E-state index in [-0.39, 0.29) is 11.7 Å². The van der Waals surface area contributed by atoms with E-state index in [0.29, 0.717) is 24.3 Å². The average Bonchev–Trinajstić information content (AvgIpc) is 2.42. The lowest BCUT2D eigenvalue weighted by Crippen LogP contribution is -2.23. The summed E-state index contributed by atoms with van der Waals surface area (Å²) in [5.74, 6) is 0.225. The first-order valence-corrected chi connectivity index (χ1v) is 6.94. The summed E-state index contributed by atoms with van der Waals surface area (Å²) in [5.41, 5.74) is 0.594. The summed E-state index contributed by atoms with van der Waals surface area (Å²) in [6.45, 7) is 4.83. The molecule has 1 N–H and O–H groups in total. The van der Waals surface area contributed by atoms with Crippen molar-refractivity contribution in [2.45, 2.75) is 33.1 Å². The topological polar surface area (TPSA) is 38.3 Å². The van der Waals surface area contributed by atoms with Gasteiger partial charge in [-0.05, 0) is 25.0 Å². The third-order valence-corrected chi connectivity index (χ3v) is 2.81. The van der Waals surface area contributed by atoms with Gasteiger partial charge in [-0.25, -0.2) is 4.39 Å². The van der Waals surface area contributed by atoms with E-state index in [1.165, 1.54) is 6.07 Å². The van der Waals surface area contributed by atoms with Crippen LogP contribution in [0.4, 0.5) is 4.39 Å². The second kappa shape index (κ2) is 9.13. The number of amides is 1. The summed E-state index contributed by atoms with van der Waals surface area (Å²) in [5, 5.41) is 2.83. The van der Waals surface area contributed by atoms with Crippen LogP contribution in [0.2, 0.25) is 0 Å². The normalized spacial score (nSPS) is 10.8. The molecule has 1 aromatic carbocycles. The number of unbranched alkanes of at least 4 members (excludes halogenated alkanes) is 1. The molecule has 20 heavy (non-hydrogen) atoms. The molecule has 0 atom stereocenters. The van der Waals surface area contributed by atoms with Gasteiger partial charge in [0, 0.05) is 19.0 Å². The van der Waals surface area contributed by atoms with Crippen molar-refractivity contribution in [1.82, 2.24) is 5.32 Å². The molecule has 1 amide bonds. The SMILES string of the molecule is CCCCNC(=O)C/C=C/COc1ccc(C)c(F)c1. The van der Waals surface area contributed by atoms with E-state index < -0.39 is 0 Å². The van der Waals surface area contributed by atoms with E-state index in [1.54, 1.807) is 31.2 Å². The van der Waals surface area contributed by atoms with Gasteiger partial charge in [0.1, 0.15) is 18.2 Å². The first-order valence-electron chi connectivity index (χ1n) is 6.94. The summed E-state index contributed by atoms with van der Waals surface area (Å²) in [7, 11) is 0. The molecule has 0 aliphatic carbocycles. The lowest BCUT2D eigenvalue weighted by molar-refractivity contribution is -0.120. The lowest BCUT2D eigenvalue weighted by Gasteiger charge is -2.04. The van der Waals surface area contributed by atoms with Crippen LogP contribution in [0.1, 0.15) is 31.7 Å². The number of benzene rings is 1. The zero-order valence-electron chi connectivity index (χ0n) is 12.1. The molecule has 4 heteroatoms. The Balaban J connectivity index is 2.21. The minimum absolute atomic E-state index is 0.0103. The molecule has 0 bridgehead atoms. The standard InChI is InChI=1S/C16H22FNO2/c1-3-4-10-18-16(19)7-5-6-11-20-14-9-8-13(2)15(17)12-14/h5-6,8-9,12H,3-4,7,10-11H2,1-2H3,(H,18,19)/b6-5+. The molecule has 0 aliphatic heterocycles. The smallest absolute Gasteiger partial charge is 0.223 e. The number of halogens is 1. The van der Waals surface area contributed by atoms with Crippen molar-refractivity contribution in [1.29, 1.82) is 0 Å². The van der Waals surface area contributed by atoms with Crippen molar-refractivity contribution in [2.75, 3.05) is 13.2 Å². The maximum atomic E-state index is 13.3. The maximum Gasteiger partial charge on any atom is 0.223 e. The predicted octanol–water partition coefficient (Wildman–Crippen LogP) is 3.38. The second-order valence-corrected chi connectivity index (χ2v) is 4.60. The molecule has 0 unspecified atom stereocenters. The van der Waals surface area contributed by atoms with Crippen LogP contribution in [0.25, 0.3) is 0 Å². The Morgan fingerprint density at radius 2 is 2.20 bits per heavy atom. The Kier molecular flexibility index (Phi) is 7.40. The van der Waals surface area contributed by atoms with Crippen LogP contribution in [0, 0.1) is 12.7 Å². The van der Waals surface area contributed by atoms with E-state index in [1.807, 2.05) is 0 Å². The fourth-order valence-electron chi connectivity index (χ4n) is 1.54. The number of ether oxygens (including phenoxy) is 1. The molecule has 0 radical (unpaired) electrons. The van der Waals surface area contributed by atoms with Crippen LogP contribution in [-0.2, 0) is 4.79 Å². The highest BCUT2D eigenvalue weighted by Crippen LogP contribution is 2.15. The Labute approximate surface area is 119 Å². The number of carbonyl (C=O) groups is 1. The van der Waals surface area contributed by atoms with Crippen molar-refractivity contribution >= 4 is 5.91 Å². The van der Waals surface area contributed by atoms with Gasteiger partial charge in [0.25, 0.3) is 0 Å². The van der Waals surface area contributed by atoms with Crippen LogP contribution >= 0.6 is 0 Å². The fraction of sp³-hybridized carbons (Fsp3) is 0.438. The van der Waals surface area contributed by atoms with E-state index in [4.69, 9.17) is 4.74 Å². The molecule has 0 heterocycles. The van der Waals surface area contributed by atoms with Crippen molar-refractivity contribution in [3.63, 3.8) is 0 Å². The number of aryl methyl sites for hydroxylation is 1. The van der Waals surface area contributed by atoms with Crippen LogP contribution in [0.3, 0.4) is 0 Å². The highest BCUT2D eigenvalue weighted by molar-refractivity contribution is 5.77. The number of hydrogen-bond acceptors (Lipinski definition) is 2. The largest absolute Gasteiger partial charge is 0.489 e. The lowest BCUT2D eigenvalue weighted by atomic mass is 10.2. The van der Waals surface area contributed by atoms with Crippen LogP contribution in [0.15, 0.2) is 30.4 Å². The van der Waals surface area contributed by atoms with Crippen LogP contribution < -0.4 is 10.1 Å². The van der Waals surface area contributed by atoms with Crippen LogP contribution in [0.5, 0.6) is 5.75 Å². The molecule has 0 aromatic heterocycles. The van der Waals surface area contributed by atoms with E-state index in [0.717, 1.165) is 19.4 Å². The summed E-state index contributed by atoms with van der Waals surface area (Å²) in [6, 6.07) is 4.76. The summed E-state index contributed by atoms with van der Waals surface area (Å²) >= 11 is 0. The highest BCUT2D eigenvalue weighted by atomic mass is 19.1. The molecule has 0 saturated heterocycles. The third kappa shape index (κ3) is 6.36. The first kappa shape index (κ1) is 16.2. The minimum Gasteiger partial charge on any atom is -0.489 e. The van der Waals surface area contributed by atoms with Gasteiger partial charge in [0.2, 0.25) is 5.91 Å². The molecular formula is C16H22FNO2. The minimum atomic E-state index is -0.276. The summed E-state index contributed by atoms with van der Waals surface area (Å²) in [4.78, 5) is 11.4. The van der Waals surface area contributed by atoms with Crippen LogP contribution in [-0.4, -0.2) is 19.1 Å². The van der Waals surface area contributed by atoms with E-state index in [9.17, 15) is 9.18 Å². The van der Waals surface area contributed by atoms with Crippen molar-refractivity contribution < 1.29 is 13.9 Å². The van der Waals surface area contributed by atoms with Crippen molar-refractivity contribution in [3.8, 4) is 5.75 Å². The Morgan fingerprint density at radius 1 is 1.40 bits per heavy atom. The summed E-state index contributed by atoms with van der Waals surface area (Å²) < 4.78 is 18.6. The summed E-state index contributed by atoms with van der Waals surface area (Å²) in [6.07, 6.45) is 5.92. The van der Waals surface area contributed by atoms with Gasteiger partial charge < -0.3 is 10.1 Å². The molecular weight excluding hydrogens is 257 g/mol. The molecule has 1 rings (SSSR count). The predicted molar refractivity (Wildman–Crippen MR) is 78.3 cm³/mol. The number of nitrogens with one attached hydrogen (secondary N) is 1. The van der Waals surface area contributed by atoms with Crippen molar-refractivity contribution in [2.24, 2.45) is 0 Å². The molecule has 0 spiro atoms. The molecule has 1 aromatic rings. The average molecular weight is 279 g/mol. The van der Waals surface area contributed by atoms with Gasteiger partial charge >= 0.3 is 0 Å². The van der Waals surface area contributed by atoms with E-state index in [2.05, 4.69) is 12.2 Å². The molecule has 3 nitrogen and oxygen atoms in total. The fourth-order valence-corrected chi connectivity index (χ4v) is 1.54. The van der Waals surface area contributed by atoms with Gasteiger partial charge in [-0.1, -0.05) is 31.6 Å². The van der Waals surface area contributed by atoms with Gasteiger partial charge in [-0.2, -0.15) is 0 Å². The Bertz CT molecular complexity index is 458. The Morgan fingerprint density at radius 3 is 2.90 bits per heavy atom. The zero-order chi connectivity index (χ0) is 14.8. The molecule has 0 saturated carbocycles. The first-order chi connectivity index (χ1) is 9.63. The monoisotopic (exact) mass is 279 g/mol.